The molecule has 0 heterocycles. The molecule has 0 aliphatic rings. The first kappa shape index (κ1) is 12.3. The van der Waals surface area contributed by atoms with Crippen LogP contribution in [0.25, 0.3) is 0 Å². The summed E-state index contributed by atoms with van der Waals surface area (Å²) in [6.45, 7) is 4.71. The van der Waals surface area contributed by atoms with Crippen LogP contribution in [0.5, 0.6) is 5.75 Å². The minimum Gasteiger partial charge on any atom is -0.494 e. The number of aryl methyl sites for hydroxylation is 1. The van der Waals surface area contributed by atoms with Crippen molar-refractivity contribution in [2.45, 2.75) is 13.8 Å². The molecule has 3 N–H and O–H groups in total. The zero-order valence-electron chi connectivity index (χ0n) is 10.7. The second kappa shape index (κ2) is 5.45. The van der Waals surface area contributed by atoms with Crippen LogP contribution < -0.4 is 15.8 Å². The monoisotopic (exact) mass is 242 g/mol. The van der Waals surface area contributed by atoms with Gasteiger partial charge < -0.3 is 15.8 Å². The van der Waals surface area contributed by atoms with Gasteiger partial charge in [-0.1, -0.05) is 6.07 Å². The number of nitrogens with two attached hydrogens (primary N) is 1. The minimum absolute atomic E-state index is 0.682. The van der Waals surface area contributed by atoms with Crippen LogP contribution in [0.3, 0.4) is 0 Å². The minimum atomic E-state index is 0.682. The molecule has 0 fully saturated rings. The largest absolute Gasteiger partial charge is 0.494 e. The van der Waals surface area contributed by atoms with Gasteiger partial charge in [0.05, 0.1) is 6.61 Å². The molecule has 2 aromatic carbocycles. The van der Waals surface area contributed by atoms with Gasteiger partial charge in [0.1, 0.15) is 5.75 Å². The second-order valence-corrected chi connectivity index (χ2v) is 4.16. The van der Waals surface area contributed by atoms with Crippen LogP contribution in [0.15, 0.2) is 42.5 Å². The van der Waals surface area contributed by atoms with E-state index in [0.717, 1.165) is 28.4 Å². The first-order valence-electron chi connectivity index (χ1n) is 6.05. The maximum absolute atomic E-state index is 5.78. The van der Waals surface area contributed by atoms with Crippen LogP contribution in [0.4, 0.5) is 17.1 Å². The van der Waals surface area contributed by atoms with Gasteiger partial charge in [0, 0.05) is 17.1 Å². The normalized spacial score (nSPS) is 10.1. The Kier molecular flexibility index (Phi) is 3.72. The van der Waals surface area contributed by atoms with Crippen LogP contribution >= 0.6 is 0 Å². The fraction of sp³-hybridized carbons (Fsp3) is 0.200. The number of rotatable bonds is 4. The molecule has 0 bridgehead atoms. The lowest BCUT2D eigenvalue weighted by Gasteiger charge is -2.11. The molecule has 2 rings (SSSR count). The number of nitrogen functional groups attached to an aromatic ring is 1. The van der Waals surface area contributed by atoms with Crippen molar-refractivity contribution in [2.24, 2.45) is 0 Å². The Labute approximate surface area is 108 Å². The summed E-state index contributed by atoms with van der Waals surface area (Å²) < 4.78 is 5.41. The van der Waals surface area contributed by atoms with Crippen LogP contribution in [0.2, 0.25) is 0 Å². The van der Waals surface area contributed by atoms with E-state index in [2.05, 4.69) is 12.2 Å². The van der Waals surface area contributed by atoms with Crippen LogP contribution in [-0.4, -0.2) is 6.61 Å². The molecule has 0 amide bonds. The summed E-state index contributed by atoms with van der Waals surface area (Å²) in [7, 11) is 0. The molecule has 0 radical (unpaired) electrons. The first-order valence-corrected chi connectivity index (χ1v) is 6.05. The molecule has 2 aromatic rings. The Morgan fingerprint density at radius 3 is 2.50 bits per heavy atom. The van der Waals surface area contributed by atoms with Crippen LogP contribution in [-0.2, 0) is 0 Å². The SMILES string of the molecule is CCOc1ccc(Nc2cc(N)ccc2C)cc1. The smallest absolute Gasteiger partial charge is 0.119 e. The van der Waals surface area contributed by atoms with E-state index in [1.54, 1.807) is 0 Å². The molecule has 0 aliphatic carbocycles. The highest BCUT2D eigenvalue weighted by atomic mass is 16.5. The van der Waals surface area contributed by atoms with Crippen LogP contribution in [0, 0.1) is 6.92 Å². The van der Waals surface area contributed by atoms with E-state index in [9.17, 15) is 0 Å². The highest BCUT2D eigenvalue weighted by Crippen LogP contribution is 2.24. The highest BCUT2D eigenvalue weighted by molar-refractivity contribution is 5.67. The van der Waals surface area contributed by atoms with Crippen molar-refractivity contribution >= 4 is 17.1 Å². The Bertz CT molecular complexity index is 521. The maximum atomic E-state index is 5.78. The third kappa shape index (κ3) is 2.94. The van der Waals surface area contributed by atoms with E-state index < -0.39 is 0 Å². The standard InChI is InChI=1S/C15H18N2O/c1-3-18-14-8-6-13(7-9-14)17-15-10-12(16)5-4-11(15)2/h4-10,17H,3,16H2,1-2H3. The highest BCUT2D eigenvalue weighted by Gasteiger charge is 2.00. The fourth-order valence-corrected chi connectivity index (χ4v) is 1.73. The second-order valence-electron chi connectivity index (χ2n) is 4.16. The molecule has 0 saturated heterocycles. The lowest BCUT2D eigenvalue weighted by atomic mass is 10.1. The molecular formula is C15H18N2O. The molecule has 94 valence electrons. The fourth-order valence-electron chi connectivity index (χ4n) is 1.73. The molecule has 18 heavy (non-hydrogen) atoms. The lowest BCUT2D eigenvalue weighted by Crippen LogP contribution is -1.96. The Morgan fingerprint density at radius 1 is 1.11 bits per heavy atom. The van der Waals surface area contributed by atoms with Gasteiger partial charge in [0.25, 0.3) is 0 Å². The summed E-state index contributed by atoms with van der Waals surface area (Å²) in [6, 6.07) is 13.7. The van der Waals surface area contributed by atoms with Crippen molar-refractivity contribution in [3.05, 3.63) is 48.0 Å². The summed E-state index contributed by atoms with van der Waals surface area (Å²) in [5.41, 5.74) is 9.76. The zero-order chi connectivity index (χ0) is 13.0. The molecule has 0 aliphatic heterocycles. The van der Waals surface area contributed by atoms with Gasteiger partial charge in [-0.25, -0.2) is 0 Å². The number of hydrogen-bond acceptors (Lipinski definition) is 3. The van der Waals surface area contributed by atoms with Crippen molar-refractivity contribution in [2.75, 3.05) is 17.7 Å². The number of nitrogens with one attached hydrogen (secondary N) is 1. The Balaban J connectivity index is 2.15. The lowest BCUT2D eigenvalue weighted by molar-refractivity contribution is 0.340. The molecule has 0 saturated carbocycles. The van der Waals surface area contributed by atoms with Gasteiger partial charge in [-0.15, -0.1) is 0 Å². The third-order valence-electron chi connectivity index (χ3n) is 2.71. The molecule has 3 heteroatoms. The van der Waals surface area contributed by atoms with E-state index in [0.29, 0.717) is 6.61 Å². The summed E-state index contributed by atoms with van der Waals surface area (Å²) in [4.78, 5) is 0. The Morgan fingerprint density at radius 2 is 1.83 bits per heavy atom. The van der Waals surface area contributed by atoms with Gasteiger partial charge in [-0.05, 0) is 55.8 Å². The first-order chi connectivity index (χ1) is 8.69. The summed E-state index contributed by atoms with van der Waals surface area (Å²) >= 11 is 0. The summed E-state index contributed by atoms with van der Waals surface area (Å²) in [5.74, 6) is 0.882. The average molecular weight is 242 g/mol. The number of hydrogen-bond donors (Lipinski definition) is 2. The number of anilines is 3. The molecule has 0 atom stereocenters. The predicted molar refractivity (Wildman–Crippen MR) is 76.5 cm³/mol. The van der Waals surface area contributed by atoms with Gasteiger partial charge in [0.15, 0.2) is 0 Å². The maximum Gasteiger partial charge on any atom is 0.119 e. The molecule has 0 unspecified atom stereocenters. The van der Waals surface area contributed by atoms with Crippen molar-refractivity contribution in [3.63, 3.8) is 0 Å². The van der Waals surface area contributed by atoms with E-state index in [1.807, 2.05) is 49.4 Å². The number of ether oxygens (including phenoxy) is 1. The van der Waals surface area contributed by atoms with Gasteiger partial charge >= 0.3 is 0 Å². The zero-order valence-corrected chi connectivity index (χ0v) is 10.7. The molecule has 0 aromatic heterocycles. The summed E-state index contributed by atoms with van der Waals surface area (Å²) in [5, 5.41) is 3.35. The summed E-state index contributed by atoms with van der Waals surface area (Å²) in [6.07, 6.45) is 0. The topological polar surface area (TPSA) is 47.3 Å². The quantitative estimate of drug-likeness (QED) is 0.803. The van der Waals surface area contributed by atoms with Crippen molar-refractivity contribution in [3.8, 4) is 5.75 Å². The van der Waals surface area contributed by atoms with E-state index in [4.69, 9.17) is 10.5 Å². The Hall–Kier alpha value is -2.16. The van der Waals surface area contributed by atoms with E-state index >= 15 is 0 Å². The van der Waals surface area contributed by atoms with Gasteiger partial charge in [-0.2, -0.15) is 0 Å². The van der Waals surface area contributed by atoms with Crippen molar-refractivity contribution in [1.82, 2.24) is 0 Å². The third-order valence-corrected chi connectivity index (χ3v) is 2.71. The van der Waals surface area contributed by atoms with E-state index in [1.165, 1.54) is 0 Å². The van der Waals surface area contributed by atoms with Gasteiger partial charge in [0.2, 0.25) is 0 Å². The van der Waals surface area contributed by atoms with Gasteiger partial charge in [-0.3, -0.25) is 0 Å². The van der Waals surface area contributed by atoms with E-state index in [-0.39, 0.29) is 0 Å². The van der Waals surface area contributed by atoms with Crippen molar-refractivity contribution in [1.29, 1.82) is 0 Å². The van der Waals surface area contributed by atoms with Crippen molar-refractivity contribution < 1.29 is 4.74 Å². The molecule has 0 spiro atoms. The number of benzene rings is 2. The van der Waals surface area contributed by atoms with Crippen LogP contribution in [0.1, 0.15) is 12.5 Å². The average Bonchev–Trinajstić information content (AvgIpc) is 2.37. The predicted octanol–water partition coefficient (Wildman–Crippen LogP) is 3.72. The molecular weight excluding hydrogens is 224 g/mol. The molecule has 3 nitrogen and oxygen atoms in total.